The zero-order valence-electron chi connectivity index (χ0n) is 49.1. The van der Waals surface area contributed by atoms with Gasteiger partial charge in [0.2, 0.25) is 0 Å². The first kappa shape index (κ1) is 65.8. The number of hydrogen-bond acceptors (Lipinski definition) is 9. The number of halogens is 6. The molecule has 18 heteroatoms. The smallest absolute Gasteiger partial charge is 0.410 e. The number of benzene rings is 6. The van der Waals surface area contributed by atoms with Gasteiger partial charge in [0.05, 0.1) is 15.1 Å². The third-order valence-electron chi connectivity index (χ3n) is 13.7. The summed E-state index contributed by atoms with van der Waals surface area (Å²) in [5, 5.41) is 3.22. The lowest BCUT2D eigenvalue weighted by molar-refractivity contribution is 0.0282. The largest absolute Gasteiger partial charge is 0.487 e. The van der Waals surface area contributed by atoms with Crippen molar-refractivity contribution >= 4 is 87.9 Å². The van der Waals surface area contributed by atoms with Crippen LogP contribution >= 0.6 is 69.6 Å². The van der Waals surface area contributed by atoms with Crippen molar-refractivity contribution < 1.29 is 42.8 Å². The Morgan fingerprint density at radius 3 is 0.893 bits per heavy atom. The molecule has 0 bridgehead atoms. The second kappa shape index (κ2) is 29.6. The van der Waals surface area contributed by atoms with Crippen LogP contribution in [0.5, 0.6) is 17.2 Å². The van der Waals surface area contributed by atoms with Gasteiger partial charge in [-0.25, -0.2) is 14.4 Å². The molecule has 0 aromatic heterocycles. The molecule has 3 saturated heterocycles. The quantitative estimate of drug-likeness (QED) is 0.110. The topological polar surface area (TPSA) is 116 Å². The van der Waals surface area contributed by atoms with E-state index in [1.807, 2.05) is 98.7 Å². The fourth-order valence-corrected chi connectivity index (χ4v) is 11.0. The molecule has 3 aliphatic heterocycles. The summed E-state index contributed by atoms with van der Waals surface area (Å²) < 4.78 is 33.9. The first-order chi connectivity index (χ1) is 39.6. The minimum Gasteiger partial charge on any atom is -0.487 e. The summed E-state index contributed by atoms with van der Waals surface area (Å²) in [6, 6.07) is 40.4. The molecule has 3 fully saturated rings. The highest BCUT2D eigenvalue weighted by molar-refractivity contribution is 6.36. The SMILES string of the molecule is CC(C)(C)OC(=O)N1CCC(c2cccc(COc3ccc(Cl)cc3Cl)c2)C1.CC(C)(C)OC(=O)N1CC[C@@H](c2cccc(COc3ccc(Cl)cc3Cl)c2)C1.CC(C)(C)OC(=O)N1CC[C@H](c2cccc(COc3ccc(Cl)cc3Cl)c2)C1. The first-order valence-electron chi connectivity index (χ1n) is 28.1. The Bertz CT molecular complexity index is 2880. The van der Waals surface area contributed by atoms with E-state index in [-0.39, 0.29) is 18.3 Å². The standard InChI is InChI=1S/3C22H25Cl2NO3/c3*1-22(2,3)28-21(26)25-10-9-17(13-25)16-6-4-5-15(11-16)14-27-20-8-7-18(23)12-19(20)24/h3*4-8,11-12,17H,9-10,13-14H2,1-3H3/t2*17-;/m10./s1. The maximum atomic E-state index is 12.3. The molecule has 0 spiro atoms. The zero-order valence-corrected chi connectivity index (χ0v) is 53.7. The van der Waals surface area contributed by atoms with E-state index < -0.39 is 16.8 Å². The van der Waals surface area contributed by atoms with Crippen LogP contribution in [0.2, 0.25) is 30.1 Å². The molecule has 9 rings (SSSR count). The monoisotopic (exact) mass is 1260 g/mol. The summed E-state index contributed by atoms with van der Waals surface area (Å²) >= 11 is 36.3. The fraction of sp³-hybridized carbons (Fsp3) is 0.409. The molecule has 1 unspecified atom stereocenters. The molecule has 0 radical (unpaired) electrons. The van der Waals surface area contributed by atoms with Crippen LogP contribution in [0.1, 0.15) is 133 Å². The average Bonchev–Trinajstić information content (AvgIpc) is 4.36. The number of carbonyl (C=O) groups is 3. The minimum atomic E-state index is -0.477. The van der Waals surface area contributed by atoms with Gasteiger partial charge in [0.1, 0.15) is 53.9 Å². The van der Waals surface area contributed by atoms with Gasteiger partial charge in [0.25, 0.3) is 0 Å². The predicted octanol–water partition coefficient (Wildman–Crippen LogP) is 18.9. The van der Waals surface area contributed by atoms with Crippen LogP contribution < -0.4 is 14.2 Å². The van der Waals surface area contributed by atoms with Crippen molar-refractivity contribution in [3.05, 3.63) is 191 Å². The number of hydrogen-bond donors (Lipinski definition) is 0. The predicted molar refractivity (Wildman–Crippen MR) is 337 cm³/mol. The van der Waals surface area contributed by atoms with Crippen molar-refractivity contribution in [2.75, 3.05) is 39.3 Å². The van der Waals surface area contributed by atoms with E-state index in [1.54, 1.807) is 69.3 Å². The van der Waals surface area contributed by atoms with E-state index in [4.69, 9.17) is 98.0 Å². The second-order valence-corrected chi connectivity index (χ2v) is 26.6. The van der Waals surface area contributed by atoms with Gasteiger partial charge in [0, 0.05) is 72.1 Å². The van der Waals surface area contributed by atoms with Gasteiger partial charge in [-0.2, -0.15) is 0 Å². The maximum absolute atomic E-state index is 12.3. The highest BCUT2D eigenvalue weighted by Gasteiger charge is 2.33. The highest BCUT2D eigenvalue weighted by atomic mass is 35.5. The van der Waals surface area contributed by atoms with Crippen LogP contribution in [0.15, 0.2) is 127 Å². The Morgan fingerprint density at radius 2 is 0.655 bits per heavy atom. The average molecular weight is 1270 g/mol. The third-order valence-corrected chi connectivity index (χ3v) is 15.2. The summed E-state index contributed by atoms with van der Waals surface area (Å²) in [7, 11) is 0. The van der Waals surface area contributed by atoms with E-state index in [1.165, 1.54) is 16.7 Å². The minimum absolute atomic E-state index is 0.244. The second-order valence-electron chi connectivity index (χ2n) is 24.1. The number of rotatable bonds is 12. The van der Waals surface area contributed by atoms with Crippen LogP contribution in [-0.2, 0) is 34.0 Å². The van der Waals surface area contributed by atoms with E-state index >= 15 is 0 Å². The van der Waals surface area contributed by atoms with Crippen LogP contribution in [-0.4, -0.2) is 89.1 Å². The Balaban J connectivity index is 0.000000181. The van der Waals surface area contributed by atoms with Crippen LogP contribution in [0.4, 0.5) is 14.4 Å². The van der Waals surface area contributed by atoms with Gasteiger partial charge in [-0.05, 0) is 170 Å². The van der Waals surface area contributed by atoms with Gasteiger partial charge in [-0.1, -0.05) is 142 Å². The van der Waals surface area contributed by atoms with Gasteiger partial charge in [0.15, 0.2) is 0 Å². The number of amides is 3. The molecule has 3 aliphatic rings. The summed E-state index contributed by atoms with van der Waals surface area (Å²) in [4.78, 5) is 42.2. The maximum Gasteiger partial charge on any atom is 0.410 e. The molecular formula is C66H75Cl6N3O9. The highest BCUT2D eigenvalue weighted by Crippen LogP contribution is 2.35. The lowest BCUT2D eigenvalue weighted by Crippen LogP contribution is -2.35. The van der Waals surface area contributed by atoms with Crippen molar-refractivity contribution in [1.82, 2.24) is 14.7 Å². The lowest BCUT2D eigenvalue weighted by atomic mass is 9.97. The lowest BCUT2D eigenvalue weighted by Gasteiger charge is -2.24. The number of nitrogens with zero attached hydrogens (tertiary/aromatic N) is 3. The summed E-state index contributed by atoms with van der Waals surface area (Å²) in [5.74, 6) is 2.71. The molecule has 0 saturated carbocycles. The Morgan fingerprint density at radius 1 is 0.393 bits per heavy atom. The van der Waals surface area contributed by atoms with E-state index in [2.05, 4.69) is 36.4 Å². The normalized spacial score (nSPS) is 16.9. The van der Waals surface area contributed by atoms with Gasteiger partial charge >= 0.3 is 18.3 Å². The van der Waals surface area contributed by atoms with Gasteiger partial charge < -0.3 is 43.1 Å². The van der Waals surface area contributed by atoms with Crippen molar-refractivity contribution in [3.63, 3.8) is 0 Å². The molecular weight excluding hydrogens is 1190 g/mol. The van der Waals surface area contributed by atoms with Crippen molar-refractivity contribution in [3.8, 4) is 17.2 Å². The van der Waals surface area contributed by atoms with E-state index in [0.29, 0.717) is 124 Å². The van der Waals surface area contributed by atoms with Crippen molar-refractivity contribution in [2.45, 2.75) is 136 Å². The first-order valence-corrected chi connectivity index (χ1v) is 30.3. The van der Waals surface area contributed by atoms with E-state index in [9.17, 15) is 14.4 Å². The number of ether oxygens (including phenoxy) is 6. The molecule has 3 atom stereocenters. The molecule has 6 aromatic carbocycles. The summed E-state index contributed by atoms with van der Waals surface area (Å²) in [6.07, 6.45) is 2.04. The molecule has 0 N–H and O–H groups in total. The summed E-state index contributed by atoms with van der Waals surface area (Å²) in [5.41, 5.74) is 5.34. The molecule has 450 valence electrons. The molecule has 0 aliphatic carbocycles. The Kier molecular flexibility index (Phi) is 23.2. The fourth-order valence-electron chi connectivity index (χ4n) is 9.64. The van der Waals surface area contributed by atoms with E-state index in [0.717, 1.165) is 36.0 Å². The van der Waals surface area contributed by atoms with Crippen LogP contribution in [0.3, 0.4) is 0 Å². The zero-order chi connectivity index (χ0) is 60.9. The Labute approximate surface area is 525 Å². The summed E-state index contributed by atoms with van der Waals surface area (Å²) in [6.45, 7) is 22.3. The molecule has 3 amide bonds. The molecule has 6 aromatic rings. The number of carbonyl (C=O) groups excluding carboxylic acids is 3. The molecule has 84 heavy (non-hydrogen) atoms. The van der Waals surface area contributed by atoms with Crippen molar-refractivity contribution in [1.29, 1.82) is 0 Å². The molecule has 12 nitrogen and oxygen atoms in total. The molecule has 3 heterocycles. The van der Waals surface area contributed by atoms with Gasteiger partial charge in [-0.15, -0.1) is 0 Å². The number of likely N-dealkylation sites (tertiary alicyclic amines) is 3. The third kappa shape index (κ3) is 20.8. The van der Waals surface area contributed by atoms with Crippen molar-refractivity contribution in [2.24, 2.45) is 0 Å². The Hall–Kier alpha value is -5.73. The van der Waals surface area contributed by atoms with Gasteiger partial charge in [-0.3, -0.25) is 0 Å². The van der Waals surface area contributed by atoms with Crippen LogP contribution in [0.25, 0.3) is 0 Å². The van der Waals surface area contributed by atoms with Crippen LogP contribution in [0, 0.1) is 0 Å².